The largest absolute Gasteiger partial charge is 0.380 e. The summed E-state index contributed by atoms with van der Waals surface area (Å²) in [5.74, 6) is 0. The maximum absolute atomic E-state index is 5.53. The Bertz CT molecular complexity index is 395. The first kappa shape index (κ1) is 12.9. The Morgan fingerprint density at radius 3 is 2.79 bits per heavy atom. The summed E-state index contributed by atoms with van der Waals surface area (Å²) in [6, 6.07) is 9.35. The predicted octanol–water partition coefficient (Wildman–Crippen LogP) is 2.56. The first-order valence-electron chi connectivity index (χ1n) is 7.57. The van der Waals surface area contributed by atoms with E-state index in [0.717, 1.165) is 19.8 Å². The Kier molecular flexibility index (Phi) is 4.36. The SMILES string of the molecule is c1ccc(N2CCCC2)c(CNC2CCCOC2)c1. The lowest BCUT2D eigenvalue weighted by molar-refractivity contribution is 0.0699. The molecular weight excluding hydrogens is 236 g/mol. The van der Waals surface area contributed by atoms with Crippen molar-refractivity contribution in [1.82, 2.24) is 5.32 Å². The molecule has 0 aliphatic carbocycles. The third-order valence-electron chi connectivity index (χ3n) is 4.18. The van der Waals surface area contributed by atoms with Gasteiger partial charge in [0.1, 0.15) is 0 Å². The van der Waals surface area contributed by atoms with Crippen LogP contribution in [0, 0.1) is 0 Å². The first-order chi connectivity index (χ1) is 9.43. The van der Waals surface area contributed by atoms with Crippen molar-refractivity contribution in [2.45, 2.75) is 38.3 Å². The molecule has 1 aromatic rings. The first-order valence-corrected chi connectivity index (χ1v) is 7.57. The average Bonchev–Trinajstić information content (AvgIpc) is 3.01. The van der Waals surface area contributed by atoms with E-state index in [1.165, 1.54) is 50.0 Å². The van der Waals surface area contributed by atoms with Crippen LogP contribution in [0.4, 0.5) is 5.69 Å². The standard InChI is InChI=1S/C16H24N2O/c1-2-8-16(18-9-3-4-10-18)14(6-1)12-17-15-7-5-11-19-13-15/h1-2,6,8,15,17H,3-5,7,9-13H2. The summed E-state index contributed by atoms with van der Waals surface area (Å²) in [4.78, 5) is 2.52. The van der Waals surface area contributed by atoms with Crippen molar-refractivity contribution in [2.24, 2.45) is 0 Å². The Morgan fingerprint density at radius 2 is 2.00 bits per heavy atom. The van der Waals surface area contributed by atoms with Gasteiger partial charge in [0.25, 0.3) is 0 Å². The van der Waals surface area contributed by atoms with Crippen molar-refractivity contribution < 1.29 is 4.74 Å². The van der Waals surface area contributed by atoms with E-state index >= 15 is 0 Å². The second kappa shape index (κ2) is 6.40. The topological polar surface area (TPSA) is 24.5 Å². The number of para-hydroxylation sites is 1. The van der Waals surface area contributed by atoms with Gasteiger partial charge in [-0.1, -0.05) is 18.2 Å². The summed E-state index contributed by atoms with van der Waals surface area (Å²) < 4.78 is 5.53. The summed E-state index contributed by atoms with van der Waals surface area (Å²) >= 11 is 0. The van der Waals surface area contributed by atoms with Crippen LogP contribution < -0.4 is 10.2 Å². The Balaban J connectivity index is 1.62. The van der Waals surface area contributed by atoms with Crippen molar-refractivity contribution in [2.75, 3.05) is 31.2 Å². The van der Waals surface area contributed by atoms with Crippen molar-refractivity contribution in [3.05, 3.63) is 29.8 Å². The molecule has 0 bridgehead atoms. The van der Waals surface area contributed by atoms with E-state index in [-0.39, 0.29) is 0 Å². The lowest BCUT2D eigenvalue weighted by atomic mass is 10.1. The maximum Gasteiger partial charge on any atom is 0.0619 e. The van der Waals surface area contributed by atoms with Crippen LogP contribution in [0.3, 0.4) is 0 Å². The molecule has 19 heavy (non-hydrogen) atoms. The predicted molar refractivity (Wildman–Crippen MR) is 78.6 cm³/mol. The molecule has 0 radical (unpaired) electrons. The number of nitrogens with one attached hydrogen (secondary N) is 1. The van der Waals surface area contributed by atoms with E-state index in [1.54, 1.807) is 0 Å². The van der Waals surface area contributed by atoms with Crippen LogP contribution >= 0.6 is 0 Å². The van der Waals surface area contributed by atoms with Gasteiger partial charge >= 0.3 is 0 Å². The van der Waals surface area contributed by atoms with E-state index in [0.29, 0.717) is 6.04 Å². The number of hydrogen-bond acceptors (Lipinski definition) is 3. The van der Waals surface area contributed by atoms with Crippen molar-refractivity contribution in [3.63, 3.8) is 0 Å². The van der Waals surface area contributed by atoms with Gasteiger partial charge in [0, 0.05) is 38.0 Å². The normalized spacial score (nSPS) is 23.8. The highest BCUT2D eigenvalue weighted by molar-refractivity contribution is 5.54. The van der Waals surface area contributed by atoms with E-state index in [1.807, 2.05) is 0 Å². The average molecular weight is 260 g/mol. The Hall–Kier alpha value is -1.06. The Morgan fingerprint density at radius 1 is 1.16 bits per heavy atom. The fourth-order valence-electron chi connectivity index (χ4n) is 3.08. The second-order valence-electron chi connectivity index (χ2n) is 5.62. The van der Waals surface area contributed by atoms with Gasteiger partial charge < -0.3 is 15.0 Å². The zero-order valence-corrected chi connectivity index (χ0v) is 11.6. The van der Waals surface area contributed by atoms with Crippen molar-refractivity contribution in [1.29, 1.82) is 0 Å². The minimum Gasteiger partial charge on any atom is -0.380 e. The van der Waals surface area contributed by atoms with Gasteiger partial charge in [0.05, 0.1) is 6.61 Å². The molecule has 104 valence electrons. The lowest BCUT2D eigenvalue weighted by Gasteiger charge is -2.25. The van der Waals surface area contributed by atoms with Crippen LogP contribution in [-0.4, -0.2) is 32.3 Å². The minimum absolute atomic E-state index is 0.528. The number of nitrogens with zero attached hydrogens (tertiary/aromatic N) is 1. The van der Waals surface area contributed by atoms with Gasteiger partial charge in [-0.15, -0.1) is 0 Å². The van der Waals surface area contributed by atoms with Crippen LogP contribution in [0.2, 0.25) is 0 Å². The third kappa shape index (κ3) is 3.28. The molecular formula is C16H24N2O. The van der Waals surface area contributed by atoms with Gasteiger partial charge in [0.2, 0.25) is 0 Å². The van der Waals surface area contributed by atoms with Crippen LogP contribution in [0.1, 0.15) is 31.2 Å². The van der Waals surface area contributed by atoms with E-state index in [4.69, 9.17) is 4.74 Å². The molecule has 3 nitrogen and oxygen atoms in total. The molecule has 2 aliphatic heterocycles. The van der Waals surface area contributed by atoms with Gasteiger partial charge in [-0.05, 0) is 37.3 Å². The number of benzene rings is 1. The molecule has 1 aromatic carbocycles. The highest BCUT2D eigenvalue weighted by Crippen LogP contribution is 2.24. The molecule has 0 amide bonds. The van der Waals surface area contributed by atoms with Crippen molar-refractivity contribution >= 4 is 5.69 Å². The molecule has 3 heteroatoms. The molecule has 0 saturated carbocycles. The molecule has 0 spiro atoms. The number of ether oxygens (including phenoxy) is 1. The lowest BCUT2D eigenvalue weighted by Crippen LogP contribution is -2.36. The summed E-state index contributed by atoms with van der Waals surface area (Å²) in [5.41, 5.74) is 2.85. The molecule has 2 saturated heterocycles. The fraction of sp³-hybridized carbons (Fsp3) is 0.625. The van der Waals surface area contributed by atoms with E-state index in [2.05, 4.69) is 34.5 Å². The quantitative estimate of drug-likeness (QED) is 0.900. The molecule has 2 heterocycles. The summed E-state index contributed by atoms with van der Waals surface area (Å²) in [7, 11) is 0. The highest BCUT2D eigenvalue weighted by atomic mass is 16.5. The number of hydrogen-bond donors (Lipinski definition) is 1. The molecule has 2 aliphatic rings. The van der Waals surface area contributed by atoms with Gasteiger partial charge in [-0.3, -0.25) is 0 Å². The monoisotopic (exact) mass is 260 g/mol. The Labute approximate surface area is 115 Å². The zero-order valence-electron chi connectivity index (χ0n) is 11.6. The zero-order chi connectivity index (χ0) is 12.9. The van der Waals surface area contributed by atoms with Gasteiger partial charge in [-0.2, -0.15) is 0 Å². The van der Waals surface area contributed by atoms with Crippen LogP contribution in [-0.2, 0) is 11.3 Å². The molecule has 3 rings (SSSR count). The van der Waals surface area contributed by atoms with Gasteiger partial charge in [0.15, 0.2) is 0 Å². The molecule has 0 aromatic heterocycles. The molecule has 1 atom stereocenters. The smallest absolute Gasteiger partial charge is 0.0619 e. The van der Waals surface area contributed by atoms with Crippen LogP contribution in [0.5, 0.6) is 0 Å². The van der Waals surface area contributed by atoms with Gasteiger partial charge in [-0.25, -0.2) is 0 Å². The van der Waals surface area contributed by atoms with Crippen molar-refractivity contribution in [3.8, 4) is 0 Å². The summed E-state index contributed by atoms with van der Waals surface area (Å²) in [6.07, 6.45) is 5.09. The van der Waals surface area contributed by atoms with Crippen LogP contribution in [0.15, 0.2) is 24.3 Å². The van der Waals surface area contributed by atoms with Crippen LogP contribution in [0.25, 0.3) is 0 Å². The summed E-state index contributed by atoms with van der Waals surface area (Å²) in [6.45, 7) is 5.18. The van der Waals surface area contributed by atoms with E-state index in [9.17, 15) is 0 Å². The third-order valence-corrected chi connectivity index (χ3v) is 4.18. The second-order valence-corrected chi connectivity index (χ2v) is 5.62. The maximum atomic E-state index is 5.53. The number of rotatable bonds is 4. The molecule has 1 unspecified atom stereocenters. The molecule has 2 fully saturated rings. The number of anilines is 1. The fourth-order valence-corrected chi connectivity index (χ4v) is 3.08. The van der Waals surface area contributed by atoms with E-state index < -0.39 is 0 Å². The summed E-state index contributed by atoms with van der Waals surface area (Å²) in [5, 5.41) is 3.65. The molecule has 1 N–H and O–H groups in total. The minimum atomic E-state index is 0.528. The highest BCUT2D eigenvalue weighted by Gasteiger charge is 2.17.